The van der Waals surface area contributed by atoms with Crippen molar-refractivity contribution in [1.82, 2.24) is 9.80 Å². The molecule has 2 aromatic rings. The standard InChI is InChI=1S/C23H28ClN3O4S/c1-3-26(4-2)22(29)15-31-20-10-9-16(13-18(20)24)25-23(30)19-8-5-11-27(19)21(28)14-17-7-6-12-32-17/h6-7,9-10,12-13,19H,3-5,8,11,14-15H2,1-2H3,(H,25,30). The first-order valence-electron chi connectivity index (χ1n) is 10.8. The molecule has 0 spiro atoms. The van der Waals surface area contributed by atoms with Crippen LogP contribution in [0.1, 0.15) is 31.6 Å². The first-order chi connectivity index (χ1) is 15.4. The molecule has 0 bridgehead atoms. The fourth-order valence-electron chi connectivity index (χ4n) is 3.73. The summed E-state index contributed by atoms with van der Waals surface area (Å²) < 4.78 is 5.55. The van der Waals surface area contributed by atoms with Gasteiger partial charge in [0.2, 0.25) is 11.8 Å². The highest BCUT2D eigenvalue weighted by Crippen LogP contribution is 2.29. The minimum absolute atomic E-state index is 0.0373. The van der Waals surface area contributed by atoms with Gasteiger partial charge in [-0.05, 0) is 56.3 Å². The van der Waals surface area contributed by atoms with Gasteiger partial charge < -0.3 is 19.9 Å². The lowest BCUT2D eigenvalue weighted by molar-refractivity contribution is -0.136. The van der Waals surface area contributed by atoms with E-state index in [4.69, 9.17) is 16.3 Å². The number of rotatable bonds is 9. The number of nitrogens with one attached hydrogen (secondary N) is 1. The highest BCUT2D eigenvalue weighted by Gasteiger charge is 2.34. The van der Waals surface area contributed by atoms with E-state index in [9.17, 15) is 14.4 Å². The largest absolute Gasteiger partial charge is 0.482 e. The van der Waals surface area contributed by atoms with E-state index in [1.807, 2.05) is 31.4 Å². The SMILES string of the molecule is CCN(CC)C(=O)COc1ccc(NC(=O)C2CCCN2C(=O)Cc2cccs2)cc1Cl. The van der Waals surface area contributed by atoms with Crippen LogP contribution in [0.25, 0.3) is 0 Å². The van der Waals surface area contributed by atoms with Crippen LogP contribution in [0.3, 0.4) is 0 Å². The zero-order chi connectivity index (χ0) is 23.1. The summed E-state index contributed by atoms with van der Waals surface area (Å²) in [5.74, 6) is -0.0102. The molecule has 1 aliphatic heterocycles. The van der Waals surface area contributed by atoms with Crippen LogP contribution in [0.2, 0.25) is 5.02 Å². The van der Waals surface area contributed by atoms with Gasteiger partial charge in [0.25, 0.3) is 5.91 Å². The summed E-state index contributed by atoms with van der Waals surface area (Å²) in [6.07, 6.45) is 1.73. The molecule has 2 heterocycles. The third-order valence-corrected chi connectivity index (χ3v) is 6.62. The Morgan fingerprint density at radius 1 is 1.25 bits per heavy atom. The lowest BCUT2D eigenvalue weighted by Crippen LogP contribution is -2.43. The van der Waals surface area contributed by atoms with Crippen molar-refractivity contribution in [2.45, 2.75) is 39.2 Å². The van der Waals surface area contributed by atoms with Gasteiger partial charge in [0.05, 0.1) is 11.4 Å². The van der Waals surface area contributed by atoms with Crippen molar-refractivity contribution in [3.63, 3.8) is 0 Å². The molecule has 7 nitrogen and oxygen atoms in total. The molecule has 1 unspecified atom stereocenters. The summed E-state index contributed by atoms with van der Waals surface area (Å²) in [7, 11) is 0. The van der Waals surface area contributed by atoms with E-state index in [0.29, 0.717) is 48.9 Å². The molecule has 1 atom stereocenters. The fraction of sp³-hybridized carbons (Fsp3) is 0.435. The summed E-state index contributed by atoms with van der Waals surface area (Å²) in [5, 5.41) is 5.09. The smallest absolute Gasteiger partial charge is 0.260 e. The highest BCUT2D eigenvalue weighted by atomic mass is 35.5. The van der Waals surface area contributed by atoms with Gasteiger partial charge in [-0.1, -0.05) is 17.7 Å². The number of halogens is 1. The second-order valence-electron chi connectivity index (χ2n) is 7.49. The van der Waals surface area contributed by atoms with Crippen molar-refractivity contribution in [2.24, 2.45) is 0 Å². The topological polar surface area (TPSA) is 79.0 Å². The number of carbonyl (C=O) groups is 3. The average Bonchev–Trinajstić information content (AvgIpc) is 3.46. The van der Waals surface area contributed by atoms with Crippen LogP contribution < -0.4 is 10.1 Å². The molecule has 9 heteroatoms. The maximum atomic E-state index is 12.9. The van der Waals surface area contributed by atoms with E-state index < -0.39 is 6.04 Å². The Labute approximate surface area is 197 Å². The predicted molar refractivity (Wildman–Crippen MR) is 126 cm³/mol. The van der Waals surface area contributed by atoms with Crippen molar-refractivity contribution in [3.8, 4) is 5.75 Å². The van der Waals surface area contributed by atoms with Crippen LogP contribution in [-0.2, 0) is 20.8 Å². The van der Waals surface area contributed by atoms with Crippen molar-refractivity contribution in [3.05, 3.63) is 45.6 Å². The van der Waals surface area contributed by atoms with E-state index in [1.54, 1.807) is 28.0 Å². The number of likely N-dealkylation sites (N-methyl/N-ethyl adjacent to an activating group) is 1. The minimum Gasteiger partial charge on any atom is -0.482 e. The Hall–Kier alpha value is -2.58. The highest BCUT2D eigenvalue weighted by molar-refractivity contribution is 7.10. The summed E-state index contributed by atoms with van der Waals surface area (Å²) in [5.41, 5.74) is 0.514. The summed E-state index contributed by atoms with van der Waals surface area (Å²) >= 11 is 7.83. The number of nitrogens with zero attached hydrogens (tertiary/aromatic N) is 2. The zero-order valence-electron chi connectivity index (χ0n) is 18.3. The first kappa shape index (κ1) is 24.1. The van der Waals surface area contributed by atoms with Crippen LogP contribution in [-0.4, -0.2) is 59.8 Å². The number of benzene rings is 1. The molecular formula is C23H28ClN3O4S. The van der Waals surface area contributed by atoms with E-state index in [1.165, 1.54) is 11.3 Å². The van der Waals surface area contributed by atoms with Crippen LogP contribution in [0.15, 0.2) is 35.7 Å². The van der Waals surface area contributed by atoms with Crippen molar-refractivity contribution < 1.29 is 19.1 Å². The van der Waals surface area contributed by atoms with E-state index >= 15 is 0 Å². The van der Waals surface area contributed by atoms with Gasteiger partial charge in [0.1, 0.15) is 11.8 Å². The molecule has 1 fully saturated rings. The van der Waals surface area contributed by atoms with Crippen LogP contribution in [0.4, 0.5) is 5.69 Å². The first-order valence-corrected chi connectivity index (χ1v) is 12.0. The number of hydrogen-bond acceptors (Lipinski definition) is 5. The fourth-order valence-corrected chi connectivity index (χ4v) is 4.66. The lowest BCUT2D eigenvalue weighted by atomic mass is 10.2. The summed E-state index contributed by atoms with van der Waals surface area (Å²) in [6, 6.07) is 8.23. The third kappa shape index (κ3) is 6.01. The number of anilines is 1. The molecule has 3 amide bonds. The zero-order valence-corrected chi connectivity index (χ0v) is 19.9. The molecule has 172 valence electrons. The average molecular weight is 478 g/mol. The third-order valence-electron chi connectivity index (χ3n) is 5.45. The second kappa shape index (κ2) is 11.3. The number of carbonyl (C=O) groups excluding carboxylic acids is 3. The van der Waals surface area contributed by atoms with Gasteiger partial charge in [0.15, 0.2) is 6.61 Å². The van der Waals surface area contributed by atoms with E-state index in [0.717, 1.165) is 11.3 Å². The Kier molecular flexibility index (Phi) is 8.53. The minimum atomic E-state index is -0.496. The van der Waals surface area contributed by atoms with Gasteiger partial charge >= 0.3 is 0 Å². The molecule has 1 aromatic heterocycles. The summed E-state index contributed by atoms with van der Waals surface area (Å²) in [6.45, 7) is 5.53. The van der Waals surface area contributed by atoms with Crippen molar-refractivity contribution in [1.29, 1.82) is 0 Å². The maximum Gasteiger partial charge on any atom is 0.260 e. The van der Waals surface area contributed by atoms with Crippen molar-refractivity contribution in [2.75, 3.05) is 31.6 Å². The normalized spacial score (nSPS) is 15.5. The van der Waals surface area contributed by atoms with Crippen LogP contribution in [0, 0.1) is 0 Å². The predicted octanol–water partition coefficient (Wildman–Crippen LogP) is 3.82. The molecular weight excluding hydrogens is 450 g/mol. The Bertz CT molecular complexity index is 947. The number of ether oxygens (including phenoxy) is 1. The van der Waals surface area contributed by atoms with Crippen molar-refractivity contribution >= 4 is 46.3 Å². The number of thiophene rings is 1. The quantitative estimate of drug-likeness (QED) is 0.595. The lowest BCUT2D eigenvalue weighted by Gasteiger charge is -2.24. The molecule has 0 radical (unpaired) electrons. The van der Waals surface area contributed by atoms with Gasteiger partial charge in [-0.25, -0.2) is 0 Å². The summed E-state index contributed by atoms with van der Waals surface area (Å²) in [4.78, 5) is 42.0. The monoisotopic (exact) mass is 477 g/mol. The Morgan fingerprint density at radius 3 is 2.69 bits per heavy atom. The maximum absolute atomic E-state index is 12.9. The second-order valence-corrected chi connectivity index (χ2v) is 8.93. The Morgan fingerprint density at radius 2 is 2.03 bits per heavy atom. The molecule has 1 aliphatic rings. The molecule has 1 saturated heterocycles. The molecule has 32 heavy (non-hydrogen) atoms. The van der Waals surface area contributed by atoms with Crippen LogP contribution >= 0.6 is 22.9 Å². The van der Waals surface area contributed by atoms with Gasteiger partial charge in [-0.2, -0.15) is 0 Å². The molecule has 0 aliphatic carbocycles. The molecule has 0 saturated carbocycles. The van der Waals surface area contributed by atoms with Gasteiger partial charge in [-0.15, -0.1) is 11.3 Å². The van der Waals surface area contributed by atoms with Crippen LogP contribution in [0.5, 0.6) is 5.75 Å². The van der Waals surface area contributed by atoms with Gasteiger partial charge in [-0.3, -0.25) is 14.4 Å². The molecule has 1 aromatic carbocycles. The Balaban J connectivity index is 1.58. The molecule has 3 rings (SSSR count). The van der Waals surface area contributed by atoms with Gasteiger partial charge in [0, 0.05) is 30.2 Å². The van der Waals surface area contributed by atoms with E-state index in [2.05, 4.69) is 5.32 Å². The number of hydrogen-bond donors (Lipinski definition) is 1. The van der Waals surface area contributed by atoms with E-state index in [-0.39, 0.29) is 24.3 Å². The number of likely N-dealkylation sites (tertiary alicyclic amines) is 1. The number of amides is 3. The molecule has 1 N–H and O–H groups in total.